The van der Waals surface area contributed by atoms with E-state index in [1.807, 2.05) is 12.1 Å². The molecule has 2 saturated heterocycles. The molecule has 3 heterocycles. The van der Waals surface area contributed by atoms with Crippen molar-refractivity contribution < 1.29 is 19.2 Å². The van der Waals surface area contributed by atoms with Crippen LogP contribution in [-0.2, 0) is 22.6 Å². The molecular weight excluding hydrogens is 396 g/mol. The third-order valence-corrected chi connectivity index (χ3v) is 6.03. The molecule has 8 nitrogen and oxygen atoms in total. The van der Waals surface area contributed by atoms with Gasteiger partial charge in [0, 0.05) is 44.4 Å². The number of benzene rings is 1. The van der Waals surface area contributed by atoms with E-state index in [-0.39, 0.29) is 31.2 Å². The predicted molar refractivity (Wildman–Crippen MR) is 115 cm³/mol. The summed E-state index contributed by atoms with van der Waals surface area (Å²) in [5.41, 5.74) is 2.92. The van der Waals surface area contributed by atoms with E-state index >= 15 is 0 Å². The molecule has 166 valence electrons. The van der Waals surface area contributed by atoms with Crippen molar-refractivity contribution in [3.05, 3.63) is 47.3 Å². The van der Waals surface area contributed by atoms with Gasteiger partial charge in [0.15, 0.2) is 0 Å². The molecule has 0 radical (unpaired) electrons. The third kappa shape index (κ3) is 5.25. The van der Waals surface area contributed by atoms with E-state index in [2.05, 4.69) is 27.5 Å². The lowest BCUT2D eigenvalue weighted by atomic mass is 10.1. The SMILES string of the molecule is Cc1cc(CC(=O)N2C[C@H](O)C[C@H]2C(=O)NCc2ccc(N3CCCCC3)cc2)on1. The number of aromatic nitrogens is 1. The van der Waals surface area contributed by atoms with Crippen LogP contribution in [0.1, 0.15) is 42.7 Å². The second kappa shape index (κ2) is 9.51. The van der Waals surface area contributed by atoms with Crippen molar-refractivity contribution in [2.75, 3.05) is 24.5 Å². The first-order chi connectivity index (χ1) is 15.0. The molecule has 0 bridgehead atoms. The van der Waals surface area contributed by atoms with E-state index in [1.54, 1.807) is 13.0 Å². The normalized spacial score (nSPS) is 21.4. The van der Waals surface area contributed by atoms with E-state index in [0.717, 1.165) is 18.7 Å². The number of hydrogen-bond donors (Lipinski definition) is 2. The van der Waals surface area contributed by atoms with Gasteiger partial charge >= 0.3 is 0 Å². The molecule has 0 aliphatic carbocycles. The van der Waals surface area contributed by atoms with Gasteiger partial charge in [-0.25, -0.2) is 0 Å². The standard InChI is InChI=1S/C23H30N4O4/c1-16-11-20(31-25-16)13-22(29)27-15-19(28)12-21(27)23(30)24-14-17-5-7-18(8-6-17)26-9-3-2-4-10-26/h5-8,11,19,21,28H,2-4,9-10,12-15H2,1H3,(H,24,30)/t19-,21+/m1/s1. The van der Waals surface area contributed by atoms with Gasteiger partial charge in [-0.2, -0.15) is 0 Å². The van der Waals surface area contributed by atoms with Crippen LogP contribution in [0.15, 0.2) is 34.9 Å². The fourth-order valence-electron chi connectivity index (χ4n) is 4.37. The number of nitrogens with one attached hydrogen (secondary N) is 1. The number of hydrogen-bond acceptors (Lipinski definition) is 6. The van der Waals surface area contributed by atoms with Crippen molar-refractivity contribution in [1.29, 1.82) is 0 Å². The maximum atomic E-state index is 12.8. The number of amides is 2. The van der Waals surface area contributed by atoms with Crippen LogP contribution in [0.5, 0.6) is 0 Å². The van der Waals surface area contributed by atoms with E-state index in [0.29, 0.717) is 18.0 Å². The second-order valence-corrected chi connectivity index (χ2v) is 8.49. The summed E-state index contributed by atoms with van der Waals surface area (Å²) in [5, 5.41) is 16.8. The van der Waals surface area contributed by atoms with Gasteiger partial charge in [0.25, 0.3) is 0 Å². The zero-order valence-corrected chi connectivity index (χ0v) is 17.9. The quantitative estimate of drug-likeness (QED) is 0.731. The molecule has 2 N–H and O–H groups in total. The summed E-state index contributed by atoms with van der Waals surface area (Å²) < 4.78 is 5.11. The fraction of sp³-hybridized carbons (Fsp3) is 0.522. The summed E-state index contributed by atoms with van der Waals surface area (Å²) in [6, 6.07) is 9.28. The topological polar surface area (TPSA) is 98.9 Å². The largest absolute Gasteiger partial charge is 0.391 e. The molecule has 2 atom stereocenters. The van der Waals surface area contributed by atoms with Crippen molar-refractivity contribution >= 4 is 17.5 Å². The number of carbonyl (C=O) groups is 2. The number of aliphatic hydroxyl groups is 1. The Kier molecular flexibility index (Phi) is 6.56. The van der Waals surface area contributed by atoms with Crippen LogP contribution in [0.4, 0.5) is 5.69 Å². The number of β-amino-alcohol motifs (C(OH)–C–C–N with tert-alkyl or cyclic N) is 1. The first kappa shape index (κ1) is 21.4. The molecule has 2 fully saturated rings. The number of piperidine rings is 1. The Morgan fingerprint density at radius 2 is 1.94 bits per heavy atom. The number of anilines is 1. The molecule has 2 aliphatic rings. The van der Waals surface area contributed by atoms with E-state index in [1.165, 1.54) is 29.8 Å². The smallest absolute Gasteiger partial charge is 0.243 e. The molecule has 2 amide bonds. The number of nitrogens with zero attached hydrogens (tertiary/aromatic N) is 3. The fourth-order valence-corrected chi connectivity index (χ4v) is 4.37. The molecule has 2 aromatic rings. The van der Waals surface area contributed by atoms with Gasteiger partial charge in [-0.3, -0.25) is 9.59 Å². The highest BCUT2D eigenvalue weighted by molar-refractivity contribution is 5.89. The number of likely N-dealkylation sites (tertiary alicyclic amines) is 1. The first-order valence-corrected chi connectivity index (χ1v) is 11.0. The summed E-state index contributed by atoms with van der Waals surface area (Å²) in [6.45, 7) is 4.51. The van der Waals surface area contributed by atoms with Crippen molar-refractivity contribution in [2.45, 2.75) is 57.7 Å². The van der Waals surface area contributed by atoms with Gasteiger partial charge in [-0.1, -0.05) is 17.3 Å². The highest BCUT2D eigenvalue weighted by atomic mass is 16.5. The van der Waals surface area contributed by atoms with Crippen molar-refractivity contribution in [2.24, 2.45) is 0 Å². The highest BCUT2D eigenvalue weighted by Gasteiger charge is 2.38. The maximum Gasteiger partial charge on any atom is 0.243 e. The van der Waals surface area contributed by atoms with Crippen molar-refractivity contribution in [3.63, 3.8) is 0 Å². The molecule has 4 rings (SSSR count). The first-order valence-electron chi connectivity index (χ1n) is 11.0. The number of aryl methyl sites for hydroxylation is 1. The Balaban J connectivity index is 1.32. The van der Waals surface area contributed by atoms with Gasteiger partial charge in [0.1, 0.15) is 11.8 Å². The summed E-state index contributed by atoms with van der Waals surface area (Å²) >= 11 is 0. The van der Waals surface area contributed by atoms with Gasteiger partial charge in [0.2, 0.25) is 11.8 Å². The Labute approximate surface area is 182 Å². The number of rotatable bonds is 6. The average Bonchev–Trinajstić information content (AvgIpc) is 3.38. The zero-order valence-electron chi connectivity index (χ0n) is 17.9. The summed E-state index contributed by atoms with van der Waals surface area (Å²) in [6.07, 6.45) is 3.32. The van der Waals surface area contributed by atoms with Crippen molar-refractivity contribution in [1.82, 2.24) is 15.4 Å². The second-order valence-electron chi connectivity index (χ2n) is 8.49. The molecule has 0 unspecified atom stereocenters. The lowest BCUT2D eigenvalue weighted by molar-refractivity contribution is -0.138. The van der Waals surface area contributed by atoms with Crippen LogP contribution in [0.3, 0.4) is 0 Å². The van der Waals surface area contributed by atoms with Crippen LogP contribution in [0.2, 0.25) is 0 Å². The minimum Gasteiger partial charge on any atom is -0.391 e. The molecule has 2 aliphatic heterocycles. The van der Waals surface area contributed by atoms with Gasteiger partial charge in [-0.15, -0.1) is 0 Å². The average molecular weight is 427 g/mol. The van der Waals surface area contributed by atoms with Crippen LogP contribution in [0, 0.1) is 6.92 Å². The summed E-state index contributed by atoms with van der Waals surface area (Å²) in [5.74, 6) is -0.0469. The number of carbonyl (C=O) groups excluding carboxylic acids is 2. The molecule has 1 aromatic carbocycles. The van der Waals surface area contributed by atoms with Gasteiger partial charge in [-0.05, 0) is 43.9 Å². The van der Waals surface area contributed by atoms with Crippen LogP contribution >= 0.6 is 0 Å². The molecule has 1 aromatic heterocycles. The van der Waals surface area contributed by atoms with E-state index in [4.69, 9.17) is 4.52 Å². The minimum absolute atomic E-state index is 0.0231. The Bertz CT molecular complexity index is 905. The number of aliphatic hydroxyl groups excluding tert-OH is 1. The molecule has 8 heteroatoms. The van der Waals surface area contributed by atoms with Crippen molar-refractivity contribution in [3.8, 4) is 0 Å². The lowest BCUT2D eigenvalue weighted by Gasteiger charge is -2.29. The maximum absolute atomic E-state index is 12.8. The van der Waals surface area contributed by atoms with E-state index < -0.39 is 12.1 Å². The molecule has 31 heavy (non-hydrogen) atoms. The lowest BCUT2D eigenvalue weighted by Crippen LogP contribution is -2.46. The third-order valence-electron chi connectivity index (χ3n) is 6.03. The molecular formula is C23H30N4O4. The van der Waals surface area contributed by atoms with Crippen LogP contribution in [0.25, 0.3) is 0 Å². The zero-order chi connectivity index (χ0) is 21.8. The molecule has 0 spiro atoms. The Morgan fingerprint density at radius 3 is 2.61 bits per heavy atom. The van der Waals surface area contributed by atoms with Gasteiger partial charge in [0.05, 0.1) is 18.2 Å². The monoisotopic (exact) mass is 426 g/mol. The molecule has 0 saturated carbocycles. The summed E-state index contributed by atoms with van der Waals surface area (Å²) in [7, 11) is 0. The van der Waals surface area contributed by atoms with Crippen LogP contribution in [-0.4, -0.2) is 58.8 Å². The highest BCUT2D eigenvalue weighted by Crippen LogP contribution is 2.22. The Morgan fingerprint density at radius 1 is 1.19 bits per heavy atom. The van der Waals surface area contributed by atoms with E-state index in [9.17, 15) is 14.7 Å². The Hall–Kier alpha value is -2.87. The predicted octanol–water partition coefficient (Wildman–Crippen LogP) is 1.79. The minimum atomic E-state index is -0.708. The van der Waals surface area contributed by atoms with Crippen LogP contribution < -0.4 is 10.2 Å². The van der Waals surface area contributed by atoms with Gasteiger partial charge < -0.3 is 24.7 Å². The summed E-state index contributed by atoms with van der Waals surface area (Å²) in [4.78, 5) is 29.3.